The van der Waals surface area contributed by atoms with Crippen molar-refractivity contribution in [3.05, 3.63) is 59.2 Å². The molecule has 13 heteroatoms. The second-order valence-electron chi connectivity index (χ2n) is 12.0. The Morgan fingerprint density at radius 3 is 2.05 bits per heavy atom. The van der Waals surface area contributed by atoms with Gasteiger partial charge in [-0.25, -0.2) is 23.2 Å². The largest absolute Gasteiger partial charge is 0.509 e. The summed E-state index contributed by atoms with van der Waals surface area (Å²) in [5.74, 6) is -2.92. The van der Waals surface area contributed by atoms with Gasteiger partial charge in [-0.05, 0) is 83.4 Å². The first-order valence-corrected chi connectivity index (χ1v) is 13.6. The third kappa shape index (κ3) is 9.62. The fraction of sp³-hybridized carbons (Fsp3) is 0.500. The summed E-state index contributed by atoms with van der Waals surface area (Å²) < 4.78 is 54.9. The maximum absolute atomic E-state index is 13.8. The van der Waals surface area contributed by atoms with Crippen LogP contribution in [0.4, 0.5) is 23.2 Å². The molecule has 43 heavy (non-hydrogen) atoms. The molecule has 2 N–H and O–H groups in total. The number of amides is 2. The van der Waals surface area contributed by atoms with Gasteiger partial charge in [0.2, 0.25) is 0 Å². The Balaban J connectivity index is 1.90. The molecule has 1 fully saturated rings. The van der Waals surface area contributed by atoms with Crippen LogP contribution in [0.25, 0.3) is 0 Å². The Kier molecular flexibility index (Phi) is 10.3. The number of carbonyl (C=O) groups is 3. The number of rotatable bonds is 7. The highest BCUT2D eigenvalue weighted by Crippen LogP contribution is 2.30. The van der Waals surface area contributed by atoms with E-state index in [9.17, 15) is 28.3 Å². The zero-order valence-electron chi connectivity index (χ0n) is 25.2. The van der Waals surface area contributed by atoms with Gasteiger partial charge in [-0.15, -0.1) is 0 Å². The molecule has 0 aliphatic carbocycles. The minimum Gasteiger partial charge on any atom is -0.503 e. The first kappa shape index (κ1) is 33.2. The number of nitrogens with one attached hydrogen (secondary N) is 1. The van der Waals surface area contributed by atoms with Gasteiger partial charge in [-0.1, -0.05) is 12.1 Å². The second kappa shape index (κ2) is 13.3. The molecule has 2 aromatic rings. The van der Waals surface area contributed by atoms with E-state index < -0.39 is 65.2 Å². The molecule has 1 aliphatic rings. The van der Waals surface area contributed by atoms with Crippen molar-refractivity contribution in [3.63, 3.8) is 0 Å². The summed E-state index contributed by atoms with van der Waals surface area (Å²) in [5.41, 5.74) is -0.969. The molecule has 2 amide bonds. The molecule has 11 nitrogen and oxygen atoms in total. The number of aromatic hydroxyl groups is 1. The van der Waals surface area contributed by atoms with Crippen LogP contribution in [0.15, 0.2) is 36.4 Å². The van der Waals surface area contributed by atoms with E-state index in [0.717, 1.165) is 17.7 Å². The Morgan fingerprint density at radius 2 is 1.51 bits per heavy atom. The first-order valence-electron chi connectivity index (χ1n) is 13.6. The van der Waals surface area contributed by atoms with E-state index >= 15 is 0 Å². The normalized spacial score (nSPS) is 18.5. The molecule has 236 valence electrons. The molecule has 2 aromatic carbocycles. The Bertz CT molecular complexity index is 1280. The van der Waals surface area contributed by atoms with E-state index in [2.05, 4.69) is 5.32 Å². The third-order valence-electron chi connectivity index (χ3n) is 6.15. The lowest BCUT2D eigenvalue weighted by Crippen LogP contribution is -2.46. The zero-order valence-corrected chi connectivity index (χ0v) is 25.2. The highest BCUT2D eigenvalue weighted by Gasteiger charge is 2.50. The Labute approximate surface area is 249 Å². The van der Waals surface area contributed by atoms with E-state index in [1.807, 2.05) is 0 Å². The van der Waals surface area contributed by atoms with E-state index in [-0.39, 0.29) is 25.1 Å². The lowest BCUT2D eigenvalue weighted by atomic mass is 10.0. The van der Waals surface area contributed by atoms with E-state index in [1.165, 1.54) is 12.0 Å². The van der Waals surface area contributed by atoms with Crippen molar-refractivity contribution in [2.45, 2.75) is 84.0 Å². The molecular formula is C30H38F2N2O9. The molecule has 0 aromatic heterocycles. The van der Waals surface area contributed by atoms with Crippen LogP contribution < -0.4 is 10.1 Å². The number of likely N-dealkylation sites (tertiary alicyclic amines) is 1. The Morgan fingerprint density at radius 1 is 0.930 bits per heavy atom. The maximum atomic E-state index is 13.8. The number of nitrogens with zero attached hydrogens (tertiary/aromatic N) is 1. The van der Waals surface area contributed by atoms with Gasteiger partial charge in [0.15, 0.2) is 29.6 Å². The van der Waals surface area contributed by atoms with Gasteiger partial charge >= 0.3 is 18.3 Å². The molecule has 1 saturated heterocycles. The quantitative estimate of drug-likeness (QED) is 0.311. The van der Waals surface area contributed by atoms with Crippen molar-refractivity contribution in [2.75, 3.05) is 13.7 Å². The lowest BCUT2D eigenvalue weighted by Gasteiger charge is -2.30. The van der Waals surface area contributed by atoms with Gasteiger partial charge in [0.1, 0.15) is 17.0 Å². The fourth-order valence-corrected chi connectivity index (χ4v) is 4.33. The van der Waals surface area contributed by atoms with Crippen molar-refractivity contribution in [2.24, 2.45) is 0 Å². The zero-order chi connectivity index (χ0) is 32.1. The number of phenolic OH excluding ortho intramolecular Hbond substituents is 1. The second-order valence-corrected chi connectivity index (χ2v) is 12.0. The smallest absolute Gasteiger partial charge is 0.503 e. The van der Waals surface area contributed by atoms with Gasteiger partial charge in [-0.2, -0.15) is 0 Å². The standard InChI is InChI=1S/C30H38F2N2O9/c1-29(2,3)42-27(37)34-16-23(40-28(38)43-30(4,5)6)25(22(34)14-17-8-10-19(39-7)11-9-17)41-26(36)33-15-18-12-20(31)24(35)21(32)13-18/h8-13,22-23,25,35H,14-16H2,1-7H3,(H,33,36)/t22-,23+,25+/m1/s1. The summed E-state index contributed by atoms with van der Waals surface area (Å²) in [6.45, 7) is 9.52. The molecule has 0 unspecified atom stereocenters. The van der Waals surface area contributed by atoms with Crippen molar-refractivity contribution in [1.82, 2.24) is 10.2 Å². The predicted molar refractivity (Wildman–Crippen MR) is 150 cm³/mol. The van der Waals surface area contributed by atoms with E-state index in [0.29, 0.717) is 5.75 Å². The number of phenols is 1. The van der Waals surface area contributed by atoms with Gasteiger partial charge in [0.05, 0.1) is 19.7 Å². The fourth-order valence-electron chi connectivity index (χ4n) is 4.33. The van der Waals surface area contributed by atoms with Gasteiger partial charge in [0.25, 0.3) is 0 Å². The molecule has 0 bridgehead atoms. The average Bonchev–Trinajstić information content (AvgIpc) is 3.20. The van der Waals surface area contributed by atoms with Crippen molar-refractivity contribution in [1.29, 1.82) is 0 Å². The number of benzene rings is 2. The highest BCUT2D eigenvalue weighted by atomic mass is 19.1. The summed E-state index contributed by atoms with van der Waals surface area (Å²) in [7, 11) is 1.53. The van der Waals surface area contributed by atoms with Crippen LogP contribution in [0.3, 0.4) is 0 Å². The number of ether oxygens (including phenoxy) is 5. The summed E-state index contributed by atoms with van der Waals surface area (Å²) >= 11 is 0. The van der Waals surface area contributed by atoms with E-state index in [1.54, 1.807) is 65.8 Å². The first-order chi connectivity index (χ1) is 20.0. The molecule has 1 aliphatic heterocycles. The van der Waals surface area contributed by atoms with Crippen LogP contribution in [-0.4, -0.2) is 71.5 Å². The molecule has 3 rings (SSSR count). The molecule has 0 radical (unpaired) electrons. The van der Waals surface area contributed by atoms with Crippen LogP contribution in [0.1, 0.15) is 52.7 Å². The summed E-state index contributed by atoms with van der Waals surface area (Å²) in [5, 5.41) is 11.7. The third-order valence-corrected chi connectivity index (χ3v) is 6.15. The predicted octanol–water partition coefficient (Wildman–Crippen LogP) is 5.46. The number of hydrogen-bond acceptors (Lipinski definition) is 9. The average molecular weight is 609 g/mol. The summed E-state index contributed by atoms with van der Waals surface area (Å²) in [6.07, 6.45) is -4.94. The van der Waals surface area contributed by atoms with Crippen molar-refractivity contribution >= 4 is 18.3 Å². The van der Waals surface area contributed by atoms with Gasteiger partial charge < -0.3 is 34.1 Å². The minimum absolute atomic E-state index is 0.0166. The van der Waals surface area contributed by atoms with Gasteiger partial charge in [0, 0.05) is 6.54 Å². The Hall–Kier alpha value is -4.29. The lowest BCUT2D eigenvalue weighted by molar-refractivity contribution is -0.0518. The summed E-state index contributed by atoms with van der Waals surface area (Å²) in [4.78, 5) is 40.3. The van der Waals surface area contributed by atoms with E-state index in [4.69, 9.17) is 23.7 Å². The number of halogens is 2. The minimum atomic E-state index is -1.20. The molecule has 3 atom stereocenters. The van der Waals surface area contributed by atoms with Crippen LogP contribution in [0.5, 0.6) is 11.5 Å². The van der Waals surface area contributed by atoms with Crippen molar-refractivity contribution in [3.8, 4) is 11.5 Å². The monoisotopic (exact) mass is 608 g/mol. The number of alkyl carbamates (subject to hydrolysis) is 1. The molecular weight excluding hydrogens is 570 g/mol. The maximum Gasteiger partial charge on any atom is 0.509 e. The molecule has 1 heterocycles. The van der Waals surface area contributed by atoms with Crippen LogP contribution >= 0.6 is 0 Å². The molecule has 0 spiro atoms. The topological polar surface area (TPSA) is 133 Å². The molecule has 0 saturated carbocycles. The van der Waals surface area contributed by atoms with Crippen LogP contribution in [0.2, 0.25) is 0 Å². The van der Waals surface area contributed by atoms with Crippen LogP contribution in [0, 0.1) is 11.6 Å². The number of hydrogen-bond donors (Lipinski definition) is 2. The van der Waals surface area contributed by atoms with Crippen molar-refractivity contribution < 1.29 is 52.0 Å². The highest BCUT2D eigenvalue weighted by molar-refractivity contribution is 5.71. The van der Waals surface area contributed by atoms with Crippen LogP contribution in [-0.2, 0) is 31.9 Å². The van der Waals surface area contributed by atoms with Gasteiger partial charge in [-0.3, -0.25) is 4.90 Å². The summed E-state index contributed by atoms with van der Waals surface area (Å²) in [6, 6.07) is 7.88. The SMILES string of the molecule is COc1ccc(C[C@@H]2[C@H](OC(=O)NCc3cc(F)c(O)c(F)c3)[C@@H](OC(=O)OC(C)(C)C)CN2C(=O)OC(C)(C)C)cc1. The number of methoxy groups -OCH3 is 1. The number of carbonyl (C=O) groups excluding carboxylic acids is 3.